The Morgan fingerprint density at radius 1 is 1.00 bits per heavy atom. The number of rotatable bonds is 1. The summed E-state index contributed by atoms with van der Waals surface area (Å²) >= 11 is 17.5. The second kappa shape index (κ2) is 6.36. The van der Waals surface area contributed by atoms with E-state index in [1.807, 2.05) is 0 Å². The second-order valence-electron chi connectivity index (χ2n) is 4.40. The summed E-state index contributed by atoms with van der Waals surface area (Å²) in [4.78, 5) is 3.46. The normalized spacial score (nSPS) is 44.1. The maximum atomic E-state index is 13.6. The van der Waals surface area contributed by atoms with Crippen molar-refractivity contribution in [2.75, 3.05) is 20.3 Å². The van der Waals surface area contributed by atoms with Crippen molar-refractivity contribution in [3.8, 4) is 0 Å². The van der Waals surface area contributed by atoms with Crippen molar-refractivity contribution in [3.05, 3.63) is 4.86 Å². The number of hydrogen-bond acceptors (Lipinski definition) is 5. The second-order valence-corrected chi connectivity index (χ2v) is 14.2. The van der Waals surface area contributed by atoms with Crippen LogP contribution < -0.4 is 0 Å². The van der Waals surface area contributed by atoms with Crippen LogP contribution in [0.3, 0.4) is 0 Å². The Labute approximate surface area is 146 Å². The Morgan fingerprint density at radius 3 is 1.71 bits per heavy atom. The quantitative estimate of drug-likeness (QED) is 0.292. The third-order valence-corrected chi connectivity index (χ3v) is 14.0. The average molecular weight is 482 g/mol. The first-order valence-corrected chi connectivity index (χ1v) is 13.1. The molecular formula is C6H7Cl3F6N3O3P3. The highest BCUT2D eigenvalue weighted by atomic mass is 35.7. The van der Waals surface area contributed by atoms with Gasteiger partial charge in [-0.1, -0.05) is 31.5 Å². The molecule has 0 amide bonds. The lowest BCUT2D eigenvalue weighted by Gasteiger charge is -2.43. The fourth-order valence-corrected chi connectivity index (χ4v) is 14.3. The van der Waals surface area contributed by atoms with Crippen LogP contribution in [0.4, 0.5) is 26.3 Å². The van der Waals surface area contributed by atoms with Gasteiger partial charge in [0, 0.05) is 0 Å². The average Bonchev–Trinajstić information content (AvgIpc) is 2.41. The topological polar surface area (TPSA) is 66.5 Å². The molecule has 0 aromatic heterocycles. The van der Waals surface area contributed by atoms with Crippen molar-refractivity contribution in [1.82, 2.24) is 0 Å². The van der Waals surface area contributed by atoms with Crippen LogP contribution >= 0.6 is 54.4 Å². The molecule has 6 nitrogen and oxygen atoms in total. The van der Waals surface area contributed by atoms with Crippen molar-refractivity contribution < 1.29 is 39.9 Å². The van der Waals surface area contributed by atoms with Gasteiger partial charge in [-0.05, 0) is 0 Å². The molecule has 0 saturated carbocycles. The summed E-state index contributed by atoms with van der Waals surface area (Å²) in [6, 6.07) is 0. The van der Waals surface area contributed by atoms with Gasteiger partial charge >= 0.3 is 24.9 Å². The third-order valence-electron chi connectivity index (χ3n) is 2.63. The van der Waals surface area contributed by atoms with Crippen LogP contribution in [0.25, 0.3) is 4.86 Å². The zero-order valence-corrected chi connectivity index (χ0v) is 16.2. The molecule has 142 valence electrons. The van der Waals surface area contributed by atoms with Crippen LogP contribution in [0.2, 0.25) is 0 Å². The molecule has 2 bridgehead atoms. The molecule has 1 saturated heterocycles. The van der Waals surface area contributed by atoms with E-state index in [9.17, 15) is 26.3 Å². The molecule has 24 heavy (non-hydrogen) atoms. The molecule has 2 rings (SSSR count). The van der Waals surface area contributed by atoms with Crippen molar-refractivity contribution in [2.24, 2.45) is 9.03 Å². The third kappa shape index (κ3) is 3.88. The molecule has 1 unspecified atom stereocenters. The molecule has 2 aliphatic heterocycles. The Morgan fingerprint density at radius 2 is 1.38 bits per heavy atom. The number of nitrogens with zero attached hydrogens (tertiary/aromatic N) is 3. The van der Waals surface area contributed by atoms with Crippen LogP contribution in [0.1, 0.15) is 0 Å². The zero-order valence-electron chi connectivity index (χ0n) is 11.2. The first-order chi connectivity index (χ1) is 10.6. The molecular weight excluding hydrogens is 475 g/mol. The summed E-state index contributed by atoms with van der Waals surface area (Å²) in [6.07, 6.45) is 0. The molecule has 2 heterocycles. The highest BCUT2D eigenvalue weighted by molar-refractivity contribution is 8.13. The molecule has 18 heteroatoms. The van der Waals surface area contributed by atoms with E-state index in [2.05, 4.69) is 22.9 Å². The predicted molar refractivity (Wildman–Crippen MR) is 80.3 cm³/mol. The number of alkyl halides is 6. The molecule has 0 aliphatic carbocycles. The lowest BCUT2D eigenvalue weighted by atomic mass is 10.1. The van der Waals surface area contributed by atoms with Crippen LogP contribution in [0.5, 0.6) is 0 Å². The maximum absolute atomic E-state index is 13.6. The van der Waals surface area contributed by atoms with Gasteiger partial charge in [-0.3, -0.25) is 0 Å². The number of fused-ring (bicyclic) bond motifs is 2. The zero-order chi connectivity index (χ0) is 18.7. The lowest BCUT2D eigenvalue weighted by molar-refractivity contribution is -0.319. The highest BCUT2D eigenvalue weighted by Gasteiger charge is 2.72. The van der Waals surface area contributed by atoms with Gasteiger partial charge in [0.2, 0.25) is 0 Å². The largest absolute Gasteiger partial charge is 0.502 e. The molecule has 3 atom stereocenters. The van der Waals surface area contributed by atoms with E-state index in [4.69, 9.17) is 38.2 Å². The van der Waals surface area contributed by atoms with Gasteiger partial charge in [-0.2, -0.15) is 30.9 Å². The predicted octanol–water partition coefficient (Wildman–Crippen LogP) is 7.26. The van der Waals surface area contributed by atoms with Gasteiger partial charge in [-0.25, -0.2) is 0 Å². The van der Waals surface area contributed by atoms with Gasteiger partial charge in [0.1, 0.15) is 26.8 Å². The SMILES string of the molecule is CO[P+]1(Cl)N=[P@@]2(Cl)[N-][P@@](Cl)(=N1)OCC(F)(F)C(F)(F)C(F)(F)CO2. The van der Waals surface area contributed by atoms with Crippen LogP contribution in [-0.2, 0) is 13.6 Å². The first kappa shape index (κ1) is 21.5. The smallest absolute Gasteiger partial charge is 0.485 e. The molecule has 0 N–H and O–H groups in total. The Hall–Kier alpha value is 1.18. The van der Waals surface area contributed by atoms with Crippen LogP contribution in [0, 0.1) is 0 Å². The fourth-order valence-electron chi connectivity index (χ4n) is 1.41. The summed E-state index contributed by atoms with van der Waals surface area (Å²) in [5, 5.41) is 0. The van der Waals surface area contributed by atoms with Crippen molar-refractivity contribution in [2.45, 2.75) is 17.8 Å². The monoisotopic (exact) mass is 481 g/mol. The summed E-state index contributed by atoms with van der Waals surface area (Å²) in [5.74, 6) is -16.4. The standard InChI is InChI=1S/C6H7Cl3F6N3O3P3/c1-19-22(7)16-23(8)18-24(9,17-22)21-3-5(12,13)6(14,15)4(10,11)2-20-23/h2-3H2,1H3/t22?,23-,24+. The molecule has 0 aromatic rings. The van der Waals surface area contributed by atoms with E-state index in [1.54, 1.807) is 0 Å². The Kier molecular flexibility index (Phi) is 5.70. The van der Waals surface area contributed by atoms with E-state index in [1.165, 1.54) is 0 Å². The van der Waals surface area contributed by atoms with E-state index in [0.29, 0.717) is 0 Å². The lowest BCUT2D eigenvalue weighted by Crippen LogP contribution is -2.58. The van der Waals surface area contributed by atoms with E-state index in [-0.39, 0.29) is 0 Å². The molecule has 0 radical (unpaired) electrons. The Balaban J connectivity index is 2.57. The molecule has 2 aliphatic rings. The highest BCUT2D eigenvalue weighted by Crippen LogP contribution is 2.92. The van der Waals surface area contributed by atoms with Gasteiger partial charge in [-0.15, -0.1) is 0 Å². The number of hydrogen-bond donors (Lipinski definition) is 0. The van der Waals surface area contributed by atoms with Crippen molar-refractivity contribution in [1.29, 1.82) is 0 Å². The molecule has 0 aromatic carbocycles. The minimum Gasteiger partial charge on any atom is -0.502 e. The minimum absolute atomic E-state index is 1.00. The van der Waals surface area contributed by atoms with Gasteiger partial charge in [0.05, 0.1) is 7.11 Å². The first-order valence-electron chi connectivity index (χ1n) is 5.58. The van der Waals surface area contributed by atoms with E-state index >= 15 is 0 Å². The summed E-state index contributed by atoms with van der Waals surface area (Å²) < 4.78 is 102. The van der Waals surface area contributed by atoms with Gasteiger partial charge < -0.3 is 13.9 Å². The van der Waals surface area contributed by atoms with Crippen molar-refractivity contribution >= 4 is 54.4 Å². The number of halogens is 9. The minimum atomic E-state index is -5.81. The summed E-state index contributed by atoms with van der Waals surface area (Å²) in [7, 11) is -2.71. The molecule has 1 fully saturated rings. The van der Waals surface area contributed by atoms with E-state index < -0.39 is 51.7 Å². The maximum Gasteiger partial charge on any atom is 0.485 e. The Bertz CT molecular complexity index is 606. The molecule has 0 spiro atoms. The fraction of sp³-hybridized carbons (Fsp3) is 1.00. The van der Waals surface area contributed by atoms with Crippen molar-refractivity contribution in [3.63, 3.8) is 0 Å². The van der Waals surface area contributed by atoms with Gasteiger partial charge in [0.25, 0.3) is 0 Å². The summed E-state index contributed by atoms with van der Waals surface area (Å²) in [5.41, 5.74) is 0. The van der Waals surface area contributed by atoms with Crippen LogP contribution in [0.15, 0.2) is 9.03 Å². The van der Waals surface area contributed by atoms with E-state index in [0.717, 1.165) is 7.11 Å². The summed E-state index contributed by atoms with van der Waals surface area (Å²) in [6.45, 7) is -12.7. The van der Waals surface area contributed by atoms with Gasteiger partial charge in [0.15, 0.2) is 11.2 Å². The van der Waals surface area contributed by atoms with Crippen LogP contribution in [-0.4, -0.2) is 38.1 Å².